The van der Waals surface area contributed by atoms with E-state index in [1.807, 2.05) is 0 Å². The summed E-state index contributed by atoms with van der Waals surface area (Å²) in [7, 11) is 1.27. The van der Waals surface area contributed by atoms with Crippen molar-refractivity contribution in [2.24, 2.45) is 5.16 Å². The Hall–Kier alpha value is -2.88. The molecule has 0 radical (unpaired) electrons. The zero-order chi connectivity index (χ0) is 19.8. The van der Waals surface area contributed by atoms with Gasteiger partial charge in [-0.3, -0.25) is 0 Å². The first-order chi connectivity index (χ1) is 13.0. The van der Waals surface area contributed by atoms with Crippen LogP contribution in [0.4, 0.5) is 0 Å². The molecule has 140 valence electrons. The fraction of sp³-hybridized carbons (Fsp3) is 0.158. The number of carboxylic acid groups (broad SMARTS) is 1. The lowest BCUT2D eigenvalue weighted by Crippen LogP contribution is -2.17. The van der Waals surface area contributed by atoms with Crippen LogP contribution in [0.1, 0.15) is 11.1 Å². The number of terminal acetylenes is 1. The highest BCUT2D eigenvalue weighted by atomic mass is 35.5. The second-order valence-corrected chi connectivity index (χ2v) is 5.90. The Balaban J connectivity index is 2.24. The highest BCUT2D eigenvalue weighted by molar-refractivity contribution is 6.42. The lowest BCUT2D eigenvalue weighted by atomic mass is 10.0. The van der Waals surface area contributed by atoms with E-state index in [9.17, 15) is 9.90 Å². The fourth-order valence-electron chi connectivity index (χ4n) is 2.20. The third-order valence-electron chi connectivity index (χ3n) is 3.32. The summed E-state index contributed by atoms with van der Waals surface area (Å²) >= 11 is 12.3. The summed E-state index contributed by atoms with van der Waals surface area (Å²) in [5.41, 5.74) is 0.736. The lowest BCUT2D eigenvalue weighted by molar-refractivity contribution is -0.129. The average molecular weight is 408 g/mol. The number of oxime groups is 1. The van der Waals surface area contributed by atoms with Crippen molar-refractivity contribution in [1.82, 2.24) is 0 Å². The normalized spacial score (nSPS) is 10.8. The fourth-order valence-corrected chi connectivity index (χ4v) is 2.78. The maximum absolute atomic E-state index is 11.4. The molecule has 0 saturated heterocycles. The largest absolute Gasteiger partial charge is 0.489 e. The molecule has 0 saturated carbocycles. The van der Waals surface area contributed by atoms with Crippen LogP contribution in [0, 0.1) is 12.3 Å². The maximum atomic E-state index is 11.4. The van der Waals surface area contributed by atoms with Gasteiger partial charge >= 0.3 is 5.97 Å². The SMILES string of the molecule is C#CCOc1c(Cl)cc(OCc2ccccc2C(=NOC)C(=O)O)cc1Cl. The molecule has 2 aromatic carbocycles. The van der Waals surface area contributed by atoms with E-state index in [0.717, 1.165) is 0 Å². The van der Waals surface area contributed by atoms with E-state index in [4.69, 9.17) is 39.1 Å². The molecule has 0 fully saturated rings. The molecule has 0 unspecified atom stereocenters. The van der Waals surface area contributed by atoms with Crippen molar-refractivity contribution in [1.29, 1.82) is 0 Å². The van der Waals surface area contributed by atoms with Gasteiger partial charge in [-0.05, 0) is 5.56 Å². The number of rotatable bonds is 8. The second-order valence-electron chi connectivity index (χ2n) is 5.08. The van der Waals surface area contributed by atoms with Gasteiger partial charge in [0.05, 0.1) is 10.0 Å². The predicted molar refractivity (Wildman–Crippen MR) is 103 cm³/mol. The number of ether oxygens (including phenoxy) is 2. The summed E-state index contributed by atoms with van der Waals surface area (Å²) in [6.45, 7) is 0.0905. The molecule has 0 aromatic heterocycles. The average Bonchev–Trinajstić information content (AvgIpc) is 2.64. The van der Waals surface area contributed by atoms with E-state index in [2.05, 4.69) is 15.9 Å². The van der Waals surface area contributed by atoms with Crippen molar-refractivity contribution < 1.29 is 24.2 Å². The number of benzene rings is 2. The summed E-state index contributed by atoms with van der Waals surface area (Å²) in [5.74, 6) is 1.76. The number of aliphatic carboxylic acids is 1. The molecule has 2 rings (SSSR count). The Morgan fingerprint density at radius 3 is 2.48 bits per heavy atom. The van der Waals surface area contributed by atoms with E-state index >= 15 is 0 Å². The van der Waals surface area contributed by atoms with Crippen molar-refractivity contribution in [3.05, 3.63) is 57.6 Å². The van der Waals surface area contributed by atoms with E-state index in [1.54, 1.807) is 24.3 Å². The summed E-state index contributed by atoms with van der Waals surface area (Å²) in [6, 6.07) is 9.84. The van der Waals surface area contributed by atoms with Crippen LogP contribution in [-0.4, -0.2) is 30.5 Å². The van der Waals surface area contributed by atoms with Gasteiger partial charge in [0.15, 0.2) is 11.5 Å². The van der Waals surface area contributed by atoms with Crippen LogP contribution in [0.25, 0.3) is 0 Å². The molecule has 0 heterocycles. The first-order valence-electron chi connectivity index (χ1n) is 7.58. The molecule has 0 aliphatic rings. The Bertz CT molecular complexity index is 882. The summed E-state index contributed by atoms with van der Waals surface area (Å²) in [5, 5.41) is 13.4. The molecule has 1 N–H and O–H groups in total. The molecule has 27 heavy (non-hydrogen) atoms. The van der Waals surface area contributed by atoms with Crippen molar-refractivity contribution in [3.63, 3.8) is 0 Å². The molecule has 0 amide bonds. The van der Waals surface area contributed by atoms with Crippen LogP contribution >= 0.6 is 23.2 Å². The Kier molecular flexibility index (Phi) is 7.35. The van der Waals surface area contributed by atoms with Crippen LogP contribution in [0.3, 0.4) is 0 Å². The van der Waals surface area contributed by atoms with Gasteiger partial charge in [-0.1, -0.05) is 58.5 Å². The van der Waals surface area contributed by atoms with Gasteiger partial charge in [0.2, 0.25) is 0 Å². The topological polar surface area (TPSA) is 77.3 Å². The first kappa shape index (κ1) is 20.4. The number of hydrogen-bond acceptors (Lipinski definition) is 5. The Labute approximate surface area is 166 Å². The monoisotopic (exact) mass is 407 g/mol. The van der Waals surface area contributed by atoms with Gasteiger partial charge in [-0.25, -0.2) is 4.79 Å². The van der Waals surface area contributed by atoms with Crippen LogP contribution in [0.5, 0.6) is 11.5 Å². The number of hydrogen-bond donors (Lipinski definition) is 1. The van der Waals surface area contributed by atoms with Crippen molar-refractivity contribution in [2.75, 3.05) is 13.7 Å². The maximum Gasteiger partial charge on any atom is 0.358 e. The summed E-state index contributed by atoms with van der Waals surface area (Å²) < 4.78 is 11.0. The number of halogens is 2. The minimum atomic E-state index is -1.22. The quantitative estimate of drug-likeness (QED) is 0.406. The Morgan fingerprint density at radius 2 is 1.89 bits per heavy atom. The van der Waals surface area contributed by atoms with Crippen LogP contribution < -0.4 is 9.47 Å². The van der Waals surface area contributed by atoms with Gasteiger partial charge in [0, 0.05) is 17.7 Å². The highest BCUT2D eigenvalue weighted by Gasteiger charge is 2.18. The van der Waals surface area contributed by atoms with Gasteiger partial charge in [-0.15, -0.1) is 6.42 Å². The predicted octanol–water partition coefficient (Wildman–Crippen LogP) is 4.02. The zero-order valence-corrected chi connectivity index (χ0v) is 15.8. The molecule has 0 bridgehead atoms. The van der Waals surface area contributed by atoms with E-state index in [0.29, 0.717) is 16.9 Å². The van der Waals surface area contributed by atoms with Crippen molar-refractivity contribution in [3.8, 4) is 23.8 Å². The zero-order valence-electron chi connectivity index (χ0n) is 14.2. The molecular weight excluding hydrogens is 393 g/mol. The third kappa shape index (κ3) is 5.30. The van der Waals surface area contributed by atoms with Crippen molar-refractivity contribution >= 4 is 34.9 Å². The summed E-state index contributed by atoms with van der Waals surface area (Å²) in [4.78, 5) is 16.0. The van der Waals surface area contributed by atoms with Gasteiger partial charge in [-0.2, -0.15) is 0 Å². The van der Waals surface area contributed by atoms with Gasteiger partial charge < -0.3 is 19.4 Å². The third-order valence-corrected chi connectivity index (χ3v) is 3.89. The van der Waals surface area contributed by atoms with Gasteiger partial charge in [0.25, 0.3) is 0 Å². The highest BCUT2D eigenvalue weighted by Crippen LogP contribution is 2.37. The minimum Gasteiger partial charge on any atom is -0.489 e. The summed E-state index contributed by atoms with van der Waals surface area (Å²) in [6.07, 6.45) is 5.15. The number of carboxylic acids is 1. The van der Waals surface area contributed by atoms with Crippen LogP contribution in [-0.2, 0) is 16.2 Å². The smallest absolute Gasteiger partial charge is 0.358 e. The van der Waals surface area contributed by atoms with E-state index in [-0.39, 0.29) is 34.7 Å². The molecule has 0 atom stereocenters. The molecule has 0 spiro atoms. The molecule has 6 nitrogen and oxygen atoms in total. The molecular formula is C19H15Cl2NO5. The van der Waals surface area contributed by atoms with E-state index in [1.165, 1.54) is 19.2 Å². The van der Waals surface area contributed by atoms with E-state index < -0.39 is 5.97 Å². The standard InChI is InChI=1S/C19H15Cl2NO5/c1-3-8-26-18-15(20)9-13(10-16(18)21)27-11-12-6-4-5-7-14(12)17(19(23)24)22-25-2/h1,4-7,9-10H,8,11H2,2H3,(H,23,24). The lowest BCUT2D eigenvalue weighted by Gasteiger charge is -2.13. The number of carbonyl (C=O) groups is 1. The van der Waals surface area contributed by atoms with Crippen LogP contribution in [0.2, 0.25) is 10.0 Å². The van der Waals surface area contributed by atoms with Gasteiger partial charge in [0.1, 0.15) is 26.1 Å². The first-order valence-corrected chi connectivity index (χ1v) is 8.34. The molecule has 2 aromatic rings. The van der Waals surface area contributed by atoms with Crippen LogP contribution in [0.15, 0.2) is 41.6 Å². The Morgan fingerprint density at radius 1 is 1.22 bits per heavy atom. The number of nitrogens with zero attached hydrogens (tertiary/aromatic N) is 1. The molecule has 0 aliphatic carbocycles. The van der Waals surface area contributed by atoms with Crippen molar-refractivity contribution in [2.45, 2.75) is 6.61 Å². The second kappa shape index (κ2) is 9.72. The molecule has 0 aliphatic heterocycles. The molecule has 8 heteroatoms. The minimum absolute atomic E-state index is 0.0316.